The molecular formula is C17H23N3O2S2. The van der Waals surface area contributed by atoms with Crippen molar-refractivity contribution >= 4 is 27.1 Å². The van der Waals surface area contributed by atoms with Gasteiger partial charge >= 0.3 is 0 Å². The summed E-state index contributed by atoms with van der Waals surface area (Å²) in [6.07, 6.45) is 8.28. The van der Waals surface area contributed by atoms with Gasteiger partial charge in [0.25, 0.3) is 0 Å². The maximum absolute atomic E-state index is 13.2. The summed E-state index contributed by atoms with van der Waals surface area (Å²) >= 11 is 1.31. The SMILES string of the molecule is CC12CC(N(S(=O)(=O)C3C=CC(c4csnn4)=CC3)C1)C(C)(C)C2. The Balaban J connectivity index is 1.56. The van der Waals surface area contributed by atoms with Crippen LogP contribution < -0.4 is 0 Å². The molecule has 3 aliphatic rings. The van der Waals surface area contributed by atoms with Gasteiger partial charge in [-0.25, -0.2) is 8.42 Å². The Bertz CT molecular complexity index is 808. The van der Waals surface area contributed by atoms with Gasteiger partial charge in [-0.05, 0) is 47.2 Å². The number of piperidine rings is 1. The highest BCUT2D eigenvalue weighted by atomic mass is 32.2. The molecule has 130 valence electrons. The molecule has 1 saturated carbocycles. The smallest absolute Gasteiger partial charge is 0.212 e. The first-order chi connectivity index (χ1) is 11.2. The molecule has 3 atom stereocenters. The number of fused-ring (bicyclic) bond motifs is 2. The minimum atomic E-state index is -3.33. The molecule has 5 nitrogen and oxygen atoms in total. The molecule has 0 N–H and O–H groups in total. The lowest BCUT2D eigenvalue weighted by Gasteiger charge is -2.41. The maximum atomic E-state index is 13.2. The molecular weight excluding hydrogens is 342 g/mol. The number of hydrogen-bond donors (Lipinski definition) is 0. The van der Waals surface area contributed by atoms with Crippen molar-refractivity contribution in [3.05, 3.63) is 29.3 Å². The Labute approximate surface area is 147 Å². The van der Waals surface area contributed by atoms with Crippen LogP contribution in [0.4, 0.5) is 0 Å². The van der Waals surface area contributed by atoms with Gasteiger partial charge in [0.15, 0.2) is 0 Å². The van der Waals surface area contributed by atoms with Crippen LogP contribution >= 0.6 is 11.5 Å². The zero-order valence-corrected chi connectivity index (χ0v) is 15.9. The molecule has 1 aliphatic heterocycles. The zero-order valence-electron chi connectivity index (χ0n) is 14.3. The Kier molecular flexibility index (Phi) is 3.57. The number of rotatable bonds is 3. The molecule has 3 unspecified atom stereocenters. The van der Waals surface area contributed by atoms with Gasteiger partial charge in [0.2, 0.25) is 10.0 Å². The fourth-order valence-corrected chi connectivity index (χ4v) is 7.51. The van der Waals surface area contributed by atoms with Gasteiger partial charge in [0.1, 0.15) is 5.69 Å². The Morgan fingerprint density at radius 1 is 1.33 bits per heavy atom. The van der Waals surface area contributed by atoms with E-state index >= 15 is 0 Å². The van der Waals surface area contributed by atoms with E-state index in [-0.39, 0.29) is 16.9 Å². The van der Waals surface area contributed by atoms with Crippen molar-refractivity contribution < 1.29 is 8.42 Å². The fourth-order valence-electron chi connectivity index (χ4n) is 4.87. The number of hydrogen-bond acceptors (Lipinski definition) is 5. The predicted molar refractivity (Wildman–Crippen MR) is 96.0 cm³/mol. The second-order valence-corrected chi connectivity index (χ2v) is 11.1. The zero-order chi connectivity index (χ0) is 17.2. The van der Waals surface area contributed by atoms with E-state index in [1.807, 2.05) is 23.6 Å². The Hall–Kier alpha value is -1.05. The quantitative estimate of drug-likeness (QED) is 0.826. The van der Waals surface area contributed by atoms with Crippen LogP contribution in [0.5, 0.6) is 0 Å². The topological polar surface area (TPSA) is 63.2 Å². The fraction of sp³-hybridized carbons (Fsp3) is 0.647. The van der Waals surface area contributed by atoms with E-state index in [1.54, 1.807) is 4.31 Å². The summed E-state index contributed by atoms with van der Waals surface area (Å²) in [5.41, 5.74) is 1.98. The predicted octanol–water partition coefficient (Wildman–Crippen LogP) is 3.09. The van der Waals surface area contributed by atoms with Crippen LogP contribution in [0.3, 0.4) is 0 Å². The van der Waals surface area contributed by atoms with Crippen LogP contribution in [0.15, 0.2) is 23.6 Å². The molecule has 1 aromatic rings. The third kappa shape index (κ3) is 2.48. The molecule has 4 rings (SSSR count). The van der Waals surface area contributed by atoms with E-state index in [4.69, 9.17) is 0 Å². The Morgan fingerprint density at radius 2 is 2.12 bits per heavy atom. The van der Waals surface area contributed by atoms with Crippen molar-refractivity contribution in [1.82, 2.24) is 13.9 Å². The number of allylic oxidation sites excluding steroid dienone is 3. The van der Waals surface area contributed by atoms with Crippen molar-refractivity contribution in [2.24, 2.45) is 10.8 Å². The average Bonchev–Trinajstić information content (AvgIpc) is 3.19. The molecule has 7 heteroatoms. The van der Waals surface area contributed by atoms with Gasteiger partial charge in [-0.1, -0.05) is 43.5 Å². The van der Waals surface area contributed by atoms with Gasteiger partial charge < -0.3 is 0 Å². The lowest BCUT2D eigenvalue weighted by Crippen LogP contribution is -2.50. The van der Waals surface area contributed by atoms with E-state index < -0.39 is 15.3 Å². The number of sulfonamides is 1. The highest BCUT2D eigenvalue weighted by Gasteiger charge is 2.59. The van der Waals surface area contributed by atoms with E-state index in [0.717, 1.165) is 24.1 Å². The first kappa shape index (κ1) is 16.4. The molecule has 1 aromatic heterocycles. The molecule has 2 fully saturated rings. The average molecular weight is 366 g/mol. The van der Waals surface area contributed by atoms with Crippen LogP contribution in [0, 0.1) is 10.8 Å². The summed E-state index contributed by atoms with van der Waals surface area (Å²) in [5.74, 6) is 0. The normalized spacial score (nSPS) is 35.4. The molecule has 2 aliphatic carbocycles. The van der Waals surface area contributed by atoms with Crippen molar-refractivity contribution in [2.45, 2.75) is 51.3 Å². The molecule has 0 radical (unpaired) electrons. The van der Waals surface area contributed by atoms with Crippen LogP contribution in [0.25, 0.3) is 5.57 Å². The summed E-state index contributed by atoms with van der Waals surface area (Å²) in [6, 6.07) is 0.133. The first-order valence-electron chi connectivity index (χ1n) is 8.38. The second kappa shape index (κ2) is 5.22. The van der Waals surface area contributed by atoms with E-state index in [0.29, 0.717) is 13.0 Å². The van der Waals surface area contributed by atoms with Crippen LogP contribution in [0.1, 0.15) is 45.7 Å². The maximum Gasteiger partial charge on any atom is 0.221 e. The molecule has 0 aromatic carbocycles. The summed E-state index contributed by atoms with van der Waals surface area (Å²) in [5, 5.41) is 5.47. The standard InChI is InChI=1S/C17H23N3O2S2/c1-16(2)10-17(3)8-15(16)20(11-17)24(21,22)13-6-4-12(5-7-13)14-9-23-19-18-14/h4-6,9,13,15H,7-8,10-11H2,1-3H3. The monoisotopic (exact) mass is 365 g/mol. The van der Waals surface area contributed by atoms with Gasteiger partial charge in [-0.15, -0.1) is 5.10 Å². The molecule has 0 amide bonds. The Morgan fingerprint density at radius 3 is 2.67 bits per heavy atom. The van der Waals surface area contributed by atoms with Crippen LogP contribution in [-0.4, -0.2) is 40.1 Å². The molecule has 2 heterocycles. The van der Waals surface area contributed by atoms with Crippen molar-refractivity contribution in [2.75, 3.05) is 6.54 Å². The second-order valence-electron chi connectivity index (χ2n) is 8.37. The third-order valence-electron chi connectivity index (χ3n) is 5.78. The van der Waals surface area contributed by atoms with Crippen molar-refractivity contribution in [3.8, 4) is 0 Å². The molecule has 0 spiro atoms. The van der Waals surface area contributed by atoms with Crippen molar-refractivity contribution in [3.63, 3.8) is 0 Å². The van der Waals surface area contributed by atoms with Gasteiger partial charge in [-0.2, -0.15) is 4.31 Å². The van der Waals surface area contributed by atoms with E-state index in [1.165, 1.54) is 11.5 Å². The minimum Gasteiger partial charge on any atom is -0.212 e. The van der Waals surface area contributed by atoms with Gasteiger partial charge in [-0.3, -0.25) is 0 Å². The molecule has 1 saturated heterocycles. The lowest BCUT2D eigenvalue weighted by atomic mass is 9.80. The summed E-state index contributed by atoms with van der Waals surface area (Å²) in [4.78, 5) is 0. The largest absolute Gasteiger partial charge is 0.221 e. The summed E-state index contributed by atoms with van der Waals surface area (Å²) in [7, 11) is -3.33. The lowest BCUT2D eigenvalue weighted by molar-refractivity contribution is 0.137. The highest BCUT2D eigenvalue weighted by molar-refractivity contribution is 7.89. The van der Waals surface area contributed by atoms with E-state index in [9.17, 15) is 8.42 Å². The summed E-state index contributed by atoms with van der Waals surface area (Å²) in [6.45, 7) is 7.30. The van der Waals surface area contributed by atoms with E-state index in [2.05, 4.69) is 30.4 Å². The van der Waals surface area contributed by atoms with Crippen LogP contribution in [-0.2, 0) is 10.0 Å². The first-order valence-corrected chi connectivity index (χ1v) is 10.7. The minimum absolute atomic E-state index is 0.0612. The molecule has 2 bridgehead atoms. The molecule has 24 heavy (non-hydrogen) atoms. The highest BCUT2D eigenvalue weighted by Crippen LogP contribution is 2.57. The van der Waals surface area contributed by atoms with Gasteiger partial charge in [0, 0.05) is 18.0 Å². The summed E-state index contributed by atoms with van der Waals surface area (Å²) < 4.78 is 32.1. The third-order valence-corrected chi connectivity index (χ3v) is 8.44. The van der Waals surface area contributed by atoms with Crippen molar-refractivity contribution in [1.29, 1.82) is 0 Å². The number of aromatic nitrogens is 2. The van der Waals surface area contributed by atoms with Gasteiger partial charge in [0.05, 0.1) is 5.25 Å². The number of nitrogens with zero attached hydrogens (tertiary/aromatic N) is 3. The van der Waals surface area contributed by atoms with Crippen LogP contribution in [0.2, 0.25) is 0 Å².